The van der Waals surface area contributed by atoms with Gasteiger partial charge in [-0.3, -0.25) is 4.79 Å². The Labute approximate surface area is 126 Å². The molecule has 21 heavy (non-hydrogen) atoms. The van der Waals surface area contributed by atoms with Gasteiger partial charge in [-0.1, -0.05) is 13.3 Å². The molecule has 1 heterocycles. The first-order valence-electron chi connectivity index (χ1n) is 7.91. The zero-order chi connectivity index (χ0) is 15.5. The molecule has 1 saturated heterocycles. The van der Waals surface area contributed by atoms with Gasteiger partial charge in [0.25, 0.3) is 0 Å². The Morgan fingerprint density at radius 2 is 2.05 bits per heavy atom. The molecule has 1 aliphatic carbocycles. The third-order valence-corrected chi connectivity index (χ3v) is 6.56. The quantitative estimate of drug-likeness (QED) is 0.745. The van der Waals surface area contributed by atoms with E-state index < -0.39 is 16.1 Å². The Hall–Kier alpha value is -0.660. The second-order valence-electron chi connectivity index (χ2n) is 6.09. The molecule has 122 valence electrons. The van der Waals surface area contributed by atoms with Crippen LogP contribution in [-0.2, 0) is 14.8 Å². The highest BCUT2D eigenvalue weighted by Gasteiger charge is 2.38. The highest BCUT2D eigenvalue weighted by atomic mass is 32.2. The number of rotatable bonds is 6. The monoisotopic (exact) mass is 318 g/mol. The molecule has 1 aliphatic heterocycles. The minimum absolute atomic E-state index is 0.0954. The lowest BCUT2D eigenvalue weighted by atomic mass is 10.1. The molecule has 0 aromatic rings. The number of sulfonamides is 1. The number of hydrogen-bond acceptors (Lipinski definition) is 4. The van der Waals surface area contributed by atoms with E-state index in [4.69, 9.17) is 0 Å². The molecule has 0 bridgehead atoms. The lowest BCUT2D eigenvalue weighted by Gasteiger charge is -2.24. The van der Waals surface area contributed by atoms with Crippen LogP contribution in [0.25, 0.3) is 0 Å². The highest BCUT2D eigenvalue weighted by molar-refractivity contribution is 7.89. The van der Waals surface area contributed by atoms with Gasteiger partial charge in [0.1, 0.15) is 6.04 Å². The molecule has 2 N–H and O–H groups in total. The van der Waals surface area contributed by atoms with Gasteiger partial charge in [0.15, 0.2) is 0 Å². The van der Waals surface area contributed by atoms with Crippen LogP contribution in [0.4, 0.5) is 0 Å². The van der Waals surface area contributed by atoms with Crippen molar-refractivity contribution in [3.63, 3.8) is 0 Å². The lowest BCUT2D eigenvalue weighted by molar-refractivity contribution is -0.124. The first-order chi connectivity index (χ1) is 9.95. The van der Waals surface area contributed by atoms with E-state index in [0.717, 1.165) is 25.7 Å². The van der Waals surface area contributed by atoms with Gasteiger partial charge < -0.3 is 10.4 Å². The van der Waals surface area contributed by atoms with Crippen LogP contribution in [0.1, 0.15) is 45.4 Å². The van der Waals surface area contributed by atoms with E-state index in [0.29, 0.717) is 25.9 Å². The summed E-state index contributed by atoms with van der Waals surface area (Å²) in [4.78, 5) is 12.3. The summed E-state index contributed by atoms with van der Waals surface area (Å²) >= 11 is 0. The Morgan fingerprint density at radius 3 is 2.67 bits per heavy atom. The van der Waals surface area contributed by atoms with E-state index in [1.54, 1.807) is 0 Å². The number of nitrogens with zero attached hydrogens (tertiary/aromatic N) is 1. The van der Waals surface area contributed by atoms with E-state index in [-0.39, 0.29) is 23.7 Å². The van der Waals surface area contributed by atoms with Crippen LogP contribution in [0.3, 0.4) is 0 Å². The normalized spacial score (nSPS) is 30.7. The molecule has 7 heteroatoms. The van der Waals surface area contributed by atoms with Crippen LogP contribution in [0, 0.1) is 5.92 Å². The van der Waals surface area contributed by atoms with Gasteiger partial charge >= 0.3 is 0 Å². The second-order valence-corrected chi connectivity index (χ2v) is 8.13. The Kier molecular flexibility index (Phi) is 5.62. The van der Waals surface area contributed by atoms with Gasteiger partial charge in [0.2, 0.25) is 15.9 Å². The molecule has 3 atom stereocenters. The van der Waals surface area contributed by atoms with Crippen molar-refractivity contribution >= 4 is 15.9 Å². The van der Waals surface area contributed by atoms with Crippen LogP contribution in [0.5, 0.6) is 0 Å². The Bertz CT molecular complexity index is 466. The predicted molar refractivity (Wildman–Crippen MR) is 80.2 cm³/mol. The SMILES string of the molecule is CCCS(=O)(=O)N1CCCC1C(=O)NCC1CCCC1O. The maximum atomic E-state index is 12.3. The van der Waals surface area contributed by atoms with Crippen LogP contribution >= 0.6 is 0 Å². The van der Waals surface area contributed by atoms with Crippen LogP contribution < -0.4 is 5.32 Å². The van der Waals surface area contributed by atoms with Crippen LogP contribution in [-0.4, -0.2) is 54.7 Å². The molecule has 2 aliphatic rings. The summed E-state index contributed by atoms with van der Waals surface area (Å²) in [5.41, 5.74) is 0. The minimum atomic E-state index is -3.33. The topological polar surface area (TPSA) is 86.7 Å². The van der Waals surface area contributed by atoms with Crippen molar-refractivity contribution in [3.8, 4) is 0 Å². The first kappa shape index (κ1) is 16.7. The van der Waals surface area contributed by atoms with Gasteiger partial charge in [-0.15, -0.1) is 0 Å². The summed E-state index contributed by atoms with van der Waals surface area (Å²) in [5.74, 6) is -0.0136. The van der Waals surface area contributed by atoms with Gasteiger partial charge in [-0.05, 0) is 32.1 Å². The molecule has 1 amide bonds. The number of aliphatic hydroxyl groups excluding tert-OH is 1. The summed E-state index contributed by atoms with van der Waals surface area (Å²) in [6, 6.07) is -0.569. The van der Waals surface area contributed by atoms with E-state index in [1.165, 1.54) is 4.31 Å². The molecule has 1 saturated carbocycles. The van der Waals surface area contributed by atoms with Gasteiger partial charge in [-0.25, -0.2) is 8.42 Å². The molecule has 6 nitrogen and oxygen atoms in total. The molecule has 0 spiro atoms. The van der Waals surface area contributed by atoms with Crippen molar-refractivity contribution in [1.82, 2.24) is 9.62 Å². The van der Waals surface area contributed by atoms with E-state index >= 15 is 0 Å². The largest absolute Gasteiger partial charge is 0.393 e. The van der Waals surface area contributed by atoms with Gasteiger partial charge in [-0.2, -0.15) is 4.31 Å². The number of carbonyl (C=O) groups is 1. The van der Waals surface area contributed by atoms with Crippen molar-refractivity contribution in [2.24, 2.45) is 5.92 Å². The Morgan fingerprint density at radius 1 is 1.29 bits per heavy atom. The number of aliphatic hydroxyl groups is 1. The fraction of sp³-hybridized carbons (Fsp3) is 0.929. The zero-order valence-electron chi connectivity index (χ0n) is 12.6. The third kappa shape index (κ3) is 3.96. The molecule has 0 radical (unpaired) electrons. The van der Waals surface area contributed by atoms with E-state index in [1.807, 2.05) is 6.92 Å². The maximum Gasteiger partial charge on any atom is 0.238 e. The lowest BCUT2D eigenvalue weighted by Crippen LogP contribution is -2.47. The fourth-order valence-corrected chi connectivity index (χ4v) is 5.06. The summed E-state index contributed by atoms with van der Waals surface area (Å²) < 4.78 is 25.7. The maximum absolute atomic E-state index is 12.3. The predicted octanol–water partition coefficient (Wildman–Crippen LogP) is 0.468. The van der Waals surface area contributed by atoms with Crippen molar-refractivity contribution in [3.05, 3.63) is 0 Å². The summed E-state index contributed by atoms with van der Waals surface area (Å²) in [5, 5.41) is 12.6. The van der Waals surface area contributed by atoms with Crippen LogP contribution in [0.2, 0.25) is 0 Å². The highest BCUT2D eigenvalue weighted by Crippen LogP contribution is 2.25. The van der Waals surface area contributed by atoms with Crippen molar-refractivity contribution in [2.45, 2.75) is 57.6 Å². The average molecular weight is 318 g/mol. The van der Waals surface area contributed by atoms with Crippen molar-refractivity contribution in [1.29, 1.82) is 0 Å². The van der Waals surface area contributed by atoms with Gasteiger partial charge in [0, 0.05) is 19.0 Å². The molecule has 2 rings (SSSR count). The second kappa shape index (κ2) is 7.07. The smallest absolute Gasteiger partial charge is 0.238 e. The van der Waals surface area contributed by atoms with Crippen molar-refractivity contribution in [2.75, 3.05) is 18.8 Å². The van der Waals surface area contributed by atoms with Crippen molar-refractivity contribution < 1.29 is 18.3 Å². The number of hydrogen-bond donors (Lipinski definition) is 2. The Balaban J connectivity index is 1.91. The van der Waals surface area contributed by atoms with E-state index in [2.05, 4.69) is 5.32 Å². The minimum Gasteiger partial charge on any atom is -0.393 e. The standard InChI is InChI=1S/C14H26N2O4S/c1-2-9-21(19,20)16-8-4-6-12(16)14(18)15-10-11-5-3-7-13(11)17/h11-13,17H,2-10H2,1H3,(H,15,18). The first-order valence-corrected chi connectivity index (χ1v) is 9.52. The summed E-state index contributed by atoms with van der Waals surface area (Å²) in [7, 11) is -3.33. The molecular formula is C14H26N2O4S. The molecule has 0 aromatic heterocycles. The molecule has 0 aromatic carbocycles. The molecule has 3 unspecified atom stereocenters. The summed E-state index contributed by atoms with van der Waals surface area (Å²) in [6.07, 6.45) is 4.23. The number of nitrogens with one attached hydrogen (secondary N) is 1. The van der Waals surface area contributed by atoms with Gasteiger partial charge in [0.05, 0.1) is 11.9 Å². The summed E-state index contributed by atoms with van der Waals surface area (Å²) in [6.45, 7) is 2.70. The average Bonchev–Trinajstić information content (AvgIpc) is 3.05. The zero-order valence-corrected chi connectivity index (χ0v) is 13.4. The molecule has 2 fully saturated rings. The number of carbonyl (C=O) groups excluding carboxylic acids is 1. The van der Waals surface area contributed by atoms with E-state index in [9.17, 15) is 18.3 Å². The molecular weight excluding hydrogens is 292 g/mol. The fourth-order valence-electron chi connectivity index (χ4n) is 3.32. The third-order valence-electron chi connectivity index (χ3n) is 4.48. The van der Waals surface area contributed by atoms with Crippen LogP contribution in [0.15, 0.2) is 0 Å². The number of amides is 1.